The van der Waals surface area contributed by atoms with Crippen molar-refractivity contribution in [2.45, 2.75) is 13.8 Å². The van der Waals surface area contributed by atoms with Gasteiger partial charge in [-0.05, 0) is 50.2 Å². The molecule has 0 atom stereocenters. The molecule has 4 nitrogen and oxygen atoms in total. The van der Waals surface area contributed by atoms with Gasteiger partial charge in [0.25, 0.3) is 0 Å². The van der Waals surface area contributed by atoms with Crippen LogP contribution in [0, 0.1) is 13.8 Å². The number of nitrogens with zero attached hydrogens (tertiary/aromatic N) is 3. The van der Waals surface area contributed by atoms with Gasteiger partial charge in [0.2, 0.25) is 0 Å². The summed E-state index contributed by atoms with van der Waals surface area (Å²) in [5.41, 5.74) is 4.07. The van der Waals surface area contributed by atoms with Crippen molar-refractivity contribution in [1.82, 2.24) is 4.98 Å². The summed E-state index contributed by atoms with van der Waals surface area (Å²) in [4.78, 5) is 4.35. The van der Waals surface area contributed by atoms with Crippen LogP contribution in [0.3, 0.4) is 0 Å². The standard InChI is InChI=1S/C17H15N3O/c1-11-3-6-13(7-4-11)19-20-15-9-10-16(21)17-14(15)8-5-12(2)18-17/h3-10,21H,1-2H3. The first-order valence-electron chi connectivity index (χ1n) is 6.71. The van der Waals surface area contributed by atoms with E-state index in [-0.39, 0.29) is 5.75 Å². The van der Waals surface area contributed by atoms with Crippen molar-refractivity contribution in [3.63, 3.8) is 0 Å². The van der Waals surface area contributed by atoms with Gasteiger partial charge in [0.1, 0.15) is 11.3 Å². The lowest BCUT2D eigenvalue weighted by molar-refractivity contribution is 0.480. The maximum absolute atomic E-state index is 9.90. The molecule has 4 heteroatoms. The number of rotatable bonds is 2. The van der Waals surface area contributed by atoms with Gasteiger partial charge in [-0.1, -0.05) is 17.7 Å². The van der Waals surface area contributed by atoms with Crippen molar-refractivity contribution in [2.24, 2.45) is 10.2 Å². The molecular formula is C17H15N3O. The summed E-state index contributed by atoms with van der Waals surface area (Å²) in [5.74, 6) is 0.156. The molecule has 1 N–H and O–H groups in total. The average molecular weight is 277 g/mol. The zero-order chi connectivity index (χ0) is 14.8. The van der Waals surface area contributed by atoms with Gasteiger partial charge >= 0.3 is 0 Å². The average Bonchev–Trinajstić information content (AvgIpc) is 2.49. The van der Waals surface area contributed by atoms with Crippen LogP contribution in [0.2, 0.25) is 0 Å². The summed E-state index contributed by atoms with van der Waals surface area (Å²) in [6.45, 7) is 3.92. The third-order valence-corrected chi connectivity index (χ3v) is 3.26. The lowest BCUT2D eigenvalue weighted by Gasteiger charge is -2.04. The zero-order valence-corrected chi connectivity index (χ0v) is 11.9. The number of azo groups is 1. The van der Waals surface area contributed by atoms with E-state index in [9.17, 15) is 5.11 Å². The number of aromatic hydroxyl groups is 1. The first-order chi connectivity index (χ1) is 10.1. The number of fused-ring (bicyclic) bond motifs is 1. The van der Waals surface area contributed by atoms with Crippen molar-refractivity contribution in [3.05, 3.63) is 59.8 Å². The quantitative estimate of drug-likeness (QED) is 0.672. The fourth-order valence-corrected chi connectivity index (χ4v) is 2.10. The van der Waals surface area contributed by atoms with E-state index in [1.165, 1.54) is 5.56 Å². The Morgan fingerprint density at radius 2 is 1.62 bits per heavy atom. The molecule has 0 bridgehead atoms. The van der Waals surface area contributed by atoms with Crippen LogP contribution < -0.4 is 0 Å². The van der Waals surface area contributed by atoms with Crippen LogP contribution in [0.1, 0.15) is 11.3 Å². The van der Waals surface area contributed by atoms with E-state index in [1.807, 2.05) is 50.2 Å². The number of hydrogen-bond donors (Lipinski definition) is 1. The number of hydrogen-bond acceptors (Lipinski definition) is 4. The van der Waals surface area contributed by atoms with E-state index in [0.29, 0.717) is 11.2 Å². The molecule has 0 aliphatic heterocycles. The number of pyridine rings is 1. The summed E-state index contributed by atoms with van der Waals surface area (Å²) >= 11 is 0. The van der Waals surface area contributed by atoms with Gasteiger partial charge < -0.3 is 5.11 Å². The van der Waals surface area contributed by atoms with E-state index < -0.39 is 0 Å². The van der Waals surface area contributed by atoms with E-state index in [2.05, 4.69) is 15.2 Å². The second kappa shape index (κ2) is 5.32. The molecule has 2 aromatic carbocycles. The third kappa shape index (κ3) is 2.74. The van der Waals surface area contributed by atoms with Gasteiger partial charge in [-0.3, -0.25) is 0 Å². The molecule has 0 fully saturated rings. The minimum Gasteiger partial charge on any atom is -0.506 e. The lowest BCUT2D eigenvalue weighted by atomic mass is 10.1. The topological polar surface area (TPSA) is 57.8 Å². The molecule has 1 aromatic heterocycles. The highest BCUT2D eigenvalue weighted by Crippen LogP contribution is 2.32. The summed E-state index contributed by atoms with van der Waals surface area (Å²) in [5, 5.41) is 19.2. The van der Waals surface area contributed by atoms with Crippen LogP contribution in [0.25, 0.3) is 10.9 Å². The molecule has 1 heterocycles. The van der Waals surface area contributed by atoms with Crippen LogP contribution in [-0.2, 0) is 0 Å². The monoisotopic (exact) mass is 277 g/mol. The molecule has 0 aliphatic rings. The van der Waals surface area contributed by atoms with Gasteiger partial charge in [-0.15, -0.1) is 5.11 Å². The van der Waals surface area contributed by atoms with Gasteiger partial charge in [0, 0.05) is 11.1 Å². The number of aryl methyl sites for hydroxylation is 2. The Labute approximate surface area is 122 Å². The van der Waals surface area contributed by atoms with Gasteiger partial charge in [0.05, 0.1) is 11.4 Å². The summed E-state index contributed by atoms with van der Waals surface area (Å²) in [7, 11) is 0. The van der Waals surface area contributed by atoms with E-state index >= 15 is 0 Å². The summed E-state index contributed by atoms with van der Waals surface area (Å²) < 4.78 is 0. The van der Waals surface area contributed by atoms with Gasteiger partial charge in [-0.2, -0.15) is 5.11 Å². The normalized spacial score (nSPS) is 11.3. The largest absolute Gasteiger partial charge is 0.506 e. The minimum atomic E-state index is 0.156. The van der Waals surface area contributed by atoms with Crippen molar-refractivity contribution in [3.8, 4) is 5.75 Å². The molecule has 0 aliphatic carbocycles. The number of phenols is 1. The Morgan fingerprint density at radius 1 is 0.857 bits per heavy atom. The van der Waals surface area contributed by atoms with E-state index in [0.717, 1.165) is 16.8 Å². The molecule has 0 spiro atoms. The number of phenolic OH excluding ortho intramolecular Hbond substituents is 1. The van der Waals surface area contributed by atoms with Gasteiger partial charge in [-0.25, -0.2) is 4.98 Å². The summed E-state index contributed by atoms with van der Waals surface area (Å²) in [6, 6.07) is 15.0. The first kappa shape index (κ1) is 13.2. The smallest absolute Gasteiger partial charge is 0.141 e. The van der Waals surface area contributed by atoms with Crippen LogP contribution in [0.15, 0.2) is 58.8 Å². The maximum Gasteiger partial charge on any atom is 0.141 e. The Morgan fingerprint density at radius 3 is 2.38 bits per heavy atom. The number of aromatic nitrogens is 1. The van der Waals surface area contributed by atoms with Gasteiger partial charge in [0.15, 0.2) is 0 Å². The fourth-order valence-electron chi connectivity index (χ4n) is 2.10. The second-order valence-corrected chi connectivity index (χ2v) is 4.99. The molecular weight excluding hydrogens is 262 g/mol. The molecule has 21 heavy (non-hydrogen) atoms. The van der Waals surface area contributed by atoms with Crippen LogP contribution in [-0.4, -0.2) is 10.1 Å². The SMILES string of the molecule is Cc1ccc(N=Nc2ccc(O)c3nc(C)ccc23)cc1. The molecule has 0 radical (unpaired) electrons. The van der Waals surface area contributed by atoms with E-state index in [1.54, 1.807) is 12.1 Å². The highest BCUT2D eigenvalue weighted by atomic mass is 16.3. The second-order valence-electron chi connectivity index (χ2n) is 4.99. The zero-order valence-electron chi connectivity index (χ0n) is 11.9. The fraction of sp³-hybridized carbons (Fsp3) is 0.118. The third-order valence-electron chi connectivity index (χ3n) is 3.26. The number of benzene rings is 2. The Balaban J connectivity index is 2.05. The highest BCUT2D eigenvalue weighted by molar-refractivity contribution is 5.93. The molecule has 3 aromatic rings. The van der Waals surface area contributed by atoms with Crippen molar-refractivity contribution in [1.29, 1.82) is 0 Å². The van der Waals surface area contributed by atoms with Crippen LogP contribution in [0.5, 0.6) is 5.75 Å². The van der Waals surface area contributed by atoms with Crippen molar-refractivity contribution in [2.75, 3.05) is 0 Å². The Hall–Kier alpha value is -2.75. The van der Waals surface area contributed by atoms with E-state index in [4.69, 9.17) is 0 Å². The van der Waals surface area contributed by atoms with Crippen molar-refractivity contribution < 1.29 is 5.11 Å². The molecule has 0 saturated heterocycles. The summed E-state index contributed by atoms with van der Waals surface area (Å²) in [6.07, 6.45) is 0. The molecule has 3 rings (SSSR count). The predicted octanol–water partition coefficient (Wildman–Crippen LogP) is 4.97. The van der Waals surface area contributed by atoms with Crippen LogP contribution >= 0.6 is 0 Å². The minimum absolute atomic E-state index is 0.156. The Bertz CT molecular complexity index is 823. The van der Waals surface area contributed by atoms with Crippen LogP contribution in [0.4, 0.5) is 11.4 Å². The Kier molecular flexibility index (Phi) is 3.36. The predicted molar refractivity (Wildman–Crippen MR) is 83.5 cm³/mol. The first-order valence-corrected chi connectivity index (χ1v) is 6.71. The molecule has 0 unspecified atom stereocenters. The lowest BCUT2D eigenvalue weighted by Crippen LogP contribution is -1.84. The molecule has 104 valence electrons. The highest BCUT2D eigenvalue weighted by Gasteiger charge is 2.06. The van der Waals surface area contributed by atoms with Crippen molar-refractivity contribution >= 4 is 22.3 Å². The maximum atomic E-state index is 9.90. The molecule has 0 amide bonds. The molecule has 0 saturated carbocycles.